The number of pyridine rings is 1. The highest BCUT2D eigenvalue weighted by atomic mass is 19.1. The minimum absolute atomic E-state index is 0.118. The smallest absolute Gasteiger partial charge is 0.255 e. The predicted octanol–water partition coefficient (Wildman–Crippen LogP) is 1.95. The molecule has 8 heteroatoms. The summed E-state index contributed by atoms with van der Waals surface area (Å²) in [6, 6.07) is 3.52. The van der Waals surface area contributed by atoms with E-state index in [1.807, 2.05) is 6.07 Å². The first-order valence-corrected chi connectivity index (χ1v) is 7.61. The summed E-state index contributed by atoms with van der Waals surface area (Å²) in [6.45, 7) is 0. The SMILES string of the molecule is COc1ccc([C@@H](Nc2ncc(F)c(OC)n2)C2CC(O)C2)cn1. The molecule has 0 saturated heterocycles. The summed E-state index contributed by atoms with van der Waals surface area (Å²) < 4.78 is 23.4. The van der Waals surface area contributed by atoms with Crippen LogP contribution in [0.4, 0.5) is 10.3 Å². The largest absolute Gasteiger partial charge is 0.481 e. The van der Waals surface area contributed by atoms with Crippen LogP contribution >= 0.6 is 0 Å². The van der Waals surface area contributed by atoms with Crippen molar-refractivity contribution in [2.24, 2.45) is 5.92 Å². The summed E-state index contributed by atoms with van der Waals surface area (Å²) in [5.41, 5.74) is 0.916. The molecule has 0 aromatic carbocycles. The van der Waals surface area contributed by atoms with E-state index in [4.69, 9.17) is 9.47 Å². The van der Waals surface area contributed by atoms with Gasteiger partial charge in [-0.2, -0.15) is 9.37 Å². The van der Waals surface area contributed by atoms with Crippen LogP contribution in [0.25, 0.3) is 0 Å². The predicted molar refractivity (Wildman–Crippen MR) is 84.4 cm³/mol. The van der Waals surface area contributed by atoms with E-state index in [9.17, 15) is 9.50 Å². The quantitative estimate of drug-likeness (QED) is 0.834. The fourth-order valence-electron chi connectivity index (χ4n) is 2.78. The Morgan fingerprint density at radius 3 is 2.58 bits per heavy atom. The van der Waals surface area contributed by atoms with Crippen molar-refractivity contribution >= 4 is 5.95 Å². The van der Waals surface area contributed by atoms with Crippen LogP contribution in [-0.4, -0.2) is 40.4 Å². The first-order valence-electron chi connectivity index (χ1n) is 7.61. The topological polar surface area (TPSA) is 89.4 Å². The molecule has 0 radical (unpaired) electrons. The molecule has 7 nitrogen and oxygen atoms in total. The van der Waals surface area contributed by atoms with Gasteiger partial charge in [0, 0.05) is 12.3 Å². The van der Waals surface area contributed by atoms with E-state index in [1.165, 1.54) is 7.11 Å². The highest BCUT2D eigenvalue weighted by Gasteiger charge is 2.35. The molecule has 2 aromatic rings. The maximum atomic E-state index is 13.5. The van der Waals surface area contributed by atoms with Gasteiger partial charge in [0.1, 0.15) is 0 Å². The number of rotatable bonds is 6. The van der Waals surface area contributed by atoms with Gasteiger partial charge >= 0.3 is 0 Å². The Morgan fingerprint density at radius 2 is 2.00 bits per heavy atom. The monoisotopic (exact) mass is 334 g/mol. The number of nitrogens with one attached hydrogen (secondary N) is 1. The van der Waals surface area contributed by atoms with Gasteiger partial charge in [-0.3, -0.25) is 0 Å². The zero-order valence-corrected chi connectivity index (χ0v) is 13.4. The molecule has 24 heavy (non-hydrogen) atoms. The van der Waals surface area contributed by atoms with E-state index < -0.39 is 5.82 Å². The van der Waals surface area contributed by atoms with Crippen molar-refractivity contribution in [2.45, 2.75) is 25.0 Å². The van der Waals surface area contributed by atoms with Crippen LogP contribution in [-0.2, 0) is 0 Å². The number of methoxy groups -OCH3 is 2. The summed E-state index contributed by atoms with van der Waals surface area (Å²) in [6.07, 6.45) is 3.81. The van der Waals surface area contributed by atoms with Crippen molar-refractivity contribution in [3.8, 4) is 11.8 Å². The molecule has 1 aliphatic rings. The van der Waals surface area contributed by atoms with E-state index in [1.54, 1.807) is 19.4 Å². The maximum absolute atomic E-state index is 13.5. The number of aromatic nitrogens is 3. The van der Waals surface area contributed by atoms with Crippen LogP contribution in [0.1, 0.15) is 24.4 Å². The van der Waals surface area contributed by atoms with Gasteiger partial charge in [-0.05, 0) is 24.3 Å². The molecule has 0 spiro atoms. The molecule has 0 unspecified atom stereocenters. The van der Waals surface area contributed by atoms with Gasteiger partial charge in [0.25, 0.3) is 5.88 Å². The van der Waals surface area contributed by atoms with Crippen molar-refractivity contribution in [1.29, 1.82) is 0 Å². The highest BCUT2D eigenvalue weighted by molar-refractivity contribution is 5.35. The van der Waals surface area contributed by atoms with E-state index in [0.29, 0.717) is 18.7 Å². The fraction of sp³-hybridized carbons (Fsp3) is 0.438. The summed E-state index contributed by atoms with van der Waals surface area (Å²) in [5.74, 6) is 0.244. The number of anilines is 1. The molecule has 1 atom stereocenters. The summed E-state index contributed by atoms with van der Waals surface area (Å²) in [7, 11) is 2.90. The number of ether oxygens (including phenoxy) is 2. The van der Waals surface area contributed by atoms with Crippen molar-refractivity contribution in [3.63, 3.8) is 0 Å². The highest BCUT2D eigenvalue weighted by Crippen LogP contribution is 2.39. The lowest BCUT2D eigenvalue weighted by atomic mass is 9.75. The Labute approximate surface area is 138 Å². The van der Waals surface area contributed by atoms with Crippen LogP contribution in [0.15, 0.2) is 24.5 Å². The van der Waals surface area contributed by atoms with Crippen LogP contribution in [0.2, 0.25) is 0 Å². The van der Waals surface area contributed by atoms with Crippen LogP contribution in [0.3, 0.4) is 0 Å². The Balaban J connectivity index is 1.84. The molecule has 0 aliphatic heterocycles. The van der Waals surface area contributed by atoms with Gasteiger partial charge in [-0.1, -0.05) is 6.07 Å². The number of nitrogens with zero attached hydrogens (tertiary/aromatic N) is 3. The first-order chi connectivity index (χ1) is 11.6. The zero-order valence-electron chi connectivity index (χ0n) is 13.4. The lowest BCUT2D eigenvalue weighted by molar-refractivity contribution is 0.0338. The molecule has 2 heterocycles. The second kappa shape index (κ2) is 6.96. The minimum Gasteiger partial charge on any atom is -0.481 e. The Hall–Kier alpha value is -2.48. The number of aliphatic hydroxyl groups excluding tert-OH is 1. The van der Waals surface area contributed by atoms with Crippen molar-refractivity contribution in [1.82, 2.24) is 15.0 Å². The first kappa shape index (κ1) is 16.4. The normalized spacial score (nSPS) is 20.8. The van der Waals surface area contributed by atoms with Crippen LogP contribution in [0.5, 0.6) is 11.8 Å². The molecule has 1 aliphatic carbocycles. The third-order valence-corrected chi connectivity index (χ3v) is 4.14. The molecule has 0 bridgehead atoms. The molecule has 1 fully saturated rings. The Bertz CT molecular complexity index is 692. The Morgan fingerprint density at radius 1 is 1.21 bits per heavy atom. The summed E-state index contributed by atoms with van der Waals surface area (Å²) in [5, 5.41) is 12.8. The number of hydrogen-bond acceptors (Lipinski definition) is 7. The fourth-order valence-corrected chi connectivity index (χ4v) is 2.78. The van der Waals surface area contributed by atoms with Crippen LogP contribution < -0.4 is 14.8 Å². The van der Waals surface area contributed by atoms with Gasteiger partial charge in [-0.25, -0.2) is 9.97 Å². The Kier molecular flexibility index (Phi) is 4.75. The average molecular weight is 334 g/mol. The number of hydrogen-bond donors (Lipinski definition) is 2. The lowest BCUT2D eigenvalue weighted by Crippen LogP contribution is -2.36. The average Bonchev–Trinajstić information content (AvgIpc) is 2.58. The molecule has 0 amide bonds. The summed E-state index contributed by atoms with van der Waals surface area (Å²) in [4.78, 5) is 12.2. The second-order valence-corrected chi connectivity index (χ2v) is 5.69. The third-order valence-electron chi connectivity index (χ3n) is 4.14. The van der Waals surface area contributed by atoms with Crippen molar-refractivity contribution in [2.75, 3.05) is 19.5 Å². The zero-order chi connectivity index (χ0) is 17.1. The molecule has 2 N–H and O–H groups in total. The molecule has 1 saturated carbocycles. The molecule has 128 valence electrons. The number of halogens is 1. The van der Waals surface area contributed by atoms with Gasteiger partial charge < -0.3 is 19.9 Å². The van der Waals surface area contributed by atoms with Crippen LogP contribution in [0, 0.1) is 11.7 Å². The minimum atomic E-state index is -0.621. The molecular formula is C16H19FN4O3. The lowest BCUT2D eigenvalue weighted by Gasteiger charge is -2.38. The van der Waals surface area contributed by atoms with Gasteiger partial charge in [0.05, 0.1) is 32.6 Å². The second-order valence-electron chi connectivity index (χ2n) is 5.69. The van der Waals surface area contributed by atoms with E-state index in [2.05, 4.69) is 20.3 Å². The third kappa shape index (κ3) is 3.38. The molecule has 3 rings (SSSR count). The number of aliphatic hydroxyl groups is 1. The molecular weight excluding hydrogens is 315 g/mol. The van der Waals surface area contributed by atoms with Crippen molar-refractivity contribution in [3.05, 3.63) is 35.9 Å². The van der Waals surface area contributed by atoms with Crippen molar-refractivity contribution < 1.29 is 19.0 Å². The maximum Gasteiger partial charge on any atom is 0.255 e. The standard InChI is InChI=1S/C16H19FN4O3/c1-23-13-4-3-9(7-18-13)14(10-5-11(22)6-10)20-16-19-8-12(17)15(21-16)24-2/h3-4,7-8,10-11,14,22H,5-6H2,1-2H3,(H,19,20,21)/t10?,11?,14-/m1/s1. The van der Waals surface area contributed by atoms with Gasteiger partial charge in [0.15, 0.2) is 0 Å². The van der Waals surface area contributed by atoms with E-state index in [-0.39, 0.29) is 29.9 Å². The van der Waals surface area contributed by atoms with Gasteiger partial charge in [-0.15, -0.1) is 0 Å². The van der Waals surface area contributed by atoms with E-state index in [0.717, 1.165) is 11.8 Å². The van der Waals surface area contributed by atoms with Gasteiger partial charge in [0.2, 0.25) is 17.6 Å². The summed E-state index contributed by atoms with van der Waals surface area (Å²) >= 11 is 0. The van der Waals surface area contributed by atoms with E-state index >= 15 is 0 Å². The molecule has 2 aromatic heterocycles.